The van der Waals surface area contributed by atoms with Crippen molar-refractivity contribution in [1.82, 2.24) is 19.6 Å². The van der Waals surface area contributed by atoms with E-state index >= 15 is 0 Å². The van der Waals surface area contributed by atoms with Crippen molar-refractivity contribution < 1.29 is 14.3 Å². The lowest BCUT2D eigenvalue weighted by atomic mass is 10.1. The van der Waals surface area contributed by atoms with Crippen LogP contribution >= 0.6 is 0 Å². The minimum absolute atomic E-state index is 0.164. The van der Waals surface area contributed by atoms with E-state index in [4.69, 9.17) is 9.47 Å². The quantitative estimate of drug-likeness (QED) is 0.438. The third-order valence-electron chi connectivity index (χ3n) is 5.91. The molecule has 1 aliphatic heterocycles. The molecule has 4 aromatic rings. The zero-order valence-corrected chi connectivity index (χ0v) is 19.0. The molecule has 5 rings (SSSR count). The first kappa shape index (κ1) is 22.1. The van der Waals surface area contributed by atoms with Gasteiger partial charge in [-0.1, -0.05) is 42.5 Å². The van der Waals surface area contributed by atoms with Crippen molar-refractivity contribution in [2.24, 2.45) is 0 Å². The summed E-state index contributed by atoms with van der Waals surface area (Å²) < 4.78 is 13.3. The Morgan fingerprint density at radius 2 is 1.74 bits per heavy atom. The molecular formula is C27H28N4O3. The molecule has 0 bridgehead atoms. The van der Waals surface area contributed by atoms with E-state index in [9.17, 15) is 4.79 Å². The van der Waals surface area contributed by atoms with Crippen LogP contribution in [0.3, 0.4) is 0 Å². The fraction of sp³-hybridized carbons (Fsp3) is 0.259. The SMILES string of the molecule is O=C(NCc1ccc(CN2CCOCC2)cc1)c1ccccc1OCc1cn2ccccc2n1. The van der Waals surface area contributed by atoms with E-state index in [0.717, 1.165) is 49.8 Å². The van der Waals surface area contributed by atoms with Crippen LogP contribution in [0.25, 0.3) is 5.65 Å². The van der Waals surface area contributed by atoms with Crippen molar-refractivity contribution in [1.29, 1.82) is 0 Å². The van der Waals surface area contributed by atoms with Gasteiger partial charge in [-0.2, -0.15) is 0 Å². The van der Waals surface area contributed by atoms with Crippen molar-refractivity contribution in [2.75, 3.05) is 26.3 Å². The molecule has 0 aliphatic carbocycles. The number of carbonyl (C=O) groups excluding carboxylic acids is 1. The van der Waals surface area contributed by atoms with Gasteiger partial charge in [-0.15, -0.1) is 0 Å². The number of carbonyl (C=O) groups is 1. The molecule has 0 spiro atoms. The van der Waals surface area contributed by atoms with E-state index in [0.29, 0.717) is 17.9 Å². The van der Waals surface area contributed by atoms with Gasteiger partial charge in [-0.05, 0) is 35.4 Å². The molecule has 0 unspecified atom stereocenters. The van der Waals surface area contributed by atoms with Crippen molar-refractivity contribution in [3.8, 4) is 5.75 Å². The molecule has 0 atom stereocenters. The first-order valence-electron chi connectivity index (χ1n) is 11.6. The second kappa shape index (κ2) is 10.5. The summed E-state index contributed by atoms with van der Waals surface area (Å²) in [7, 11) is 0. The molecule has 2 aromatic heterocycles. The van der Waals surface area contributed by atoms with Crippen molar-refractivity contribution >= 4 is 11.6 Å². The summed E-state index contributed by atoms with van der Waals surface area (Å²) in [6.07, 6.45) is 3.88. The van der Waals surface area contributed by atoms with Crippen LogP contribution in [-0.4, -0.2) is 46.5 Å². The molecule has 2 aromatic carbocycles. The first-order chi connectivity index (χ1) is 16.7. The third-order valence-corrected chi connectivity index (χ3v) is 5.91. The van der Waals surface area contributed by atoms with E-state index in [2.05, 4.69) is 39.5 Å². The fourth-order valence-electron chi connectivity index (χ4n) is 4.05. The lowest BCUT2D eigenvalue weighted by Crippen LogP contribution is -2.35. The number of hydrogen-bond donors (Lipinski definition) is 1. The molecule has 1 amide bonds. The normalized spacial score (nSPS) is 14.2. The number of amides is 1. The lowest BCUT2D eigenvalue weighted by molar-refractivity contribution is 0.0342. The molecule has 1 aliphatic rings. The van der Waals surface area contributed by atoms with Crippen LogP contribution in [0.4, 0.5) is 0 Å². The van der Waals surface area contributed by atoms with Gasteiger partial charge in [0.15, 0.2) is 0 Å². The number of morpholine rings is 1. The molecule has 0 saturated carbocycles. The summed E-state index contributed by atoms with van der Waals surface area (Å²) in [5.41, 5.74) is 4.50. The molecular weight excluding hydrogens is 428 g/mol. The summed E-state index contributed by atoms with van der Waals surface area (Å²) in [4.78, 5) is 19.8. The van der Waals surface area contributed by atoms with Gasteiger partial charge in [-0.3, -0.25) is 9.69 Å². The molecule has 3 heterocycles. The van der Waals surface area contributed by atoms with Gasteiger partial charge in [-0.25, -0.2) is 4.98 Å². The number of imidazole rings is 1. The van der Waals surface area contributed by atoms with Crippen molar-refractivity contribution in [3.05, 3.63) is 102 Å². The Labute approximate surface area is 198 Å². The Morgan fingerprint density at radius 1 is 0.971 bits per heavy atom. The molecule has 1 saturated heterocycles. The number of rotatable bonds is 8. The number of nitrogens with zero attached hydrogens (tertiary/aromatic N) is 3. The minimum atomic E-state index is -0.164. The molecule has 1 fully saturated rings. The monoisotopic (exact) mass is 456 g/mol. The Hall–Kier alpha value is -3.68. The molecule has 0 radical (unpaired) electrons. The molecule has 7 heteroatoms. The Kier molecular flexibility index (Phi) is 6.84. The van der Waals surface area contributed by atoms with E-state index < -0.39 is 0 Å². The number of para-hydroxylation sites is 1. The number of fused-ring (bicyclic) bond motifs is 1. The van der Waals surface area contributed by atoms with Crippen LogP contribution in [0.5, 0.6) is 5.75 Å². The van der Waals surface area contributed by atoms with E-state index in [-0.39, 0.29) is 12.5 Å². The van der Waals surface area contributed by atoms with E-state index in [1.807, 2.05) is 53.2 Å². The van der Waals surface area contributed by atoms with Crippen LogP contribution < -0.4 is 10.1 Å². The van der Waals surface area contributed by atoms with Crippen LogP contribution in [0.15, 0.2) is 79.1 Å². The number of ether oxygens (including phenoxy) is 2. The predicted molar refractivity (Wildman–Crippen MR) is 130 cm³/mol. The van der Waals surface area contributed by atoms with Crippen LogP contribution in [-0.2, 0) is 24.4 Å². The Balaban J connectivity index is 1.17. The number of aromatic nitrogens is 2. The van der Waals surface area contributed by atoms with Gasteiger partial charge in [0.1, 0.15) is 18.0 Å². The predicted octanol–water partition coefficient (Wildman–Crippen LogP) is 3.68. The third kappa shape index (κ3) is 5.44. The highest BCUT2D eigenvalue weighted by molar-refractivity contribution is 5.96. The van der Waals surface area contributed by atoms with Gasteiger partial charge in [0.25, 0.3) is 5.91 Å². The standard InChI is InChI=1S/C27H28N4O3/c32-27(28-17-21-8-10-22(11-9-21)18-30-13-15-33-16-14-30)24-5-1-2-6-25(24)34-20-23-19-31-12-4-3-7-26(31)29-23/h1-12,19H,13-18,20H2,(H,28,32). The minimum Gasteiger partial charge on any atom is -0.486 e. The maximum Gasteiger partial charge on any atom is 0.255 e. The molecule has 34 heavy (non-hydrogen) atoms. The second-order valence-corrected chi connectivity index (χ2v) is 8.37. The Bertz CT molecular complexity index is 1210. The largest absolute Gasteiger partial charge is 0.486 e. The van der Waals surface area contributed by atoms with Gasteiger partial charge in [0.2, 0.25) is 0 Å². The van der Waals surface area contributed by atoms with Gasteiger partial charge >= 0.3 is 0 Å². The summed E-state index contributed by atoms with van der Waals surface area (Å²) >= 11 is 0. The highest BCUT2D eigenvalue weighted by Gasteiger charge is 2.14. The number of hydrogen-bond acceptors (Lipinski definition) is 5. The number of nitrogens with one attached hydrogen (secondary N) is 1. The van der Waals surface area contributed by atoms with Crippen molar-refractivity contribution in [3.63, 3.8) is 0 Å². The summed E-state index contributed by atoms with van der Waals surface area (Å²) in [5, 5.41) is 3.01. The smallest absolute Gasteiger partial charge is 0.255 e. The zero-order valence-electron chi connectivity index (χ0n) is 19.0. The topological polar surface area (TPSA) is 68.1 Å². The average Bonchev–Trinajstić information content (AvgIpc) is 3.31. The second-order valence-electron chi connectivity index (χ2n) is 8.37. The maximum atomic E-state index is 12.9. The maximum absolute atomic E-state index is 12.9. The van der Waals surface area contributed by atoms with Gasteiger partial charge in [0, 0.05) is 38.6 Å². The van der Waals surface area contributed by atoms with Crippen LogP contribution in [0.2, 0.25) is 0 Å². The zero-order chi connectivity index (χ0) is 23.2. The number of pyridine rings is 1. The first-order valence-corrected chi connectivity index (χ1v) is 11.6. The Morgan fingerprint density at radius 3 is 2.56 bits per heavy atom. The lowest BCUT2D eigenvalue weighted by Gasteiger charge is -2.26. The number of benzene rings is 2. The summed E-state index contributed by atoms with van der Waals surface area (Å²) in [5.74, 6) is 0.376. The van der Waals surface area contributed by atoms with Crippen molar-refractivity contribution in [2.45, 2.75) is 19.7 Å². The molecule has 7 nitrogen and oxygen atoms in total. The highest BCUT2D eigenvalue weighted by atomic mass is 16.5. The van der Waals surface area contributed by atoms with E-state index in [1.165, 1.54) is 5.56 Å². The molecule has 174 valence electrons. The molecule has 1 N–H and O–H groups in total. The fourth-order valence-corrected chi connectivity index (χ4v) is 4.05. The van der Waals surface area contributed by atoms with Crippen LogP contribution in [0.1, 0.15) is 27.2 Å². The average molecular weight is 457 g/mol. The van der Waals surface area contributed by atoms with Gasteiger partial charge < -0.3 is 19.2 Å². The van der Waals surface area contributed by atoms with Gasteiger partial charge in [0.05, 0.1) is 24.5 Å². The summed E-state index contributed by atoms with van der Waals surface area (Å²) in [6.45, 7) is 5.20. The van der Waals surface area contributed by atoms with E-state index in [1.54, 1.807) is 6.07 Å². The van der Waals surface area contributed by atoms with Crippen LogP contribution in [0, 0.1) is 0 Å². The highest BCUT2D eigenvalue weighted by Crippen LogP contribution is 2.20. The summed E-state index contributed by atoms with van der Waals surface area (Å²) in [6, 6.07) is 21.5.